The van der Waals surface area contributed by atoms with Crippen LogP contribution in [0, 0.1) is 0 Å². The molecule has 0 fully saturated rings. The Kier molecular flexibility index (Phi) is 3.29. The molecule has 17 heavy (non-hydrogen) atoms. The minimum Gasteiger partial charge on any atom is -0.463 e. The van der Waals surface area contributed by atoms with Crippen molar-refractivity contribution in [2.45, 2.75) is 11.1 Å². The lowest BCUT2D eigenvalue weighted by atomic mass is 10.7. The normalized spacial score (nSPS) is 11.4. The van der Waals surface area contributed by atoms with E-state index in [1.165, 1.54) is 6.07 Å². The smallest absolute Gasteiger partial charge is 0.337 e. The van der Waals surface area contributed by atoms with E-state index in [1.807, 2.05) is 0 Å². The molecule has 2 heterocycles. The summed E-state index contributed by atoms with van der Waals surface area (Å²) in [7, 11) is -3.59. The molecule has 9 heteroatoms. The summed E-state index contributed by atoms with van der Waals surface area (Å²) in [6, 6.07) is 3.27. The molecule has 2 rings (SSSR count). The van der Waals surface area contributed by atoms with E-state index in [-0.39, 0.29) is 16.2 Å². The minimum atomic E-state index is -3.59. The van der Waals surface area contributed by atoms with Crippen molar-refractivity contribution in [3.63, 3.8) is 0 Å². The Bertz CT molecular complexity index is 576. The van der Waals surface area contributed by atoms with Gasteiger partial charge < -0.3 is 4.74 Å². The lowest BCUT2D eigenvalue weighted by molar-refractivity contribution is 0.314. The van der Waals surface area contributed by atoms with Gasteiger partial charge in [-0.1, -0.05) is 6.07 Å². The first-order valence-corrected chi connectivity index (χ1v) is 7.09. The topological polar surface area (TPSA) is 97.0 Å². The molecular weight excluding hydrogens is 264 g/mol. The van der Waals surface area contributed by atoms with Crippen LogP contribution in [-0.2, 0) is 10.0 Å². The van der Waals surface area contributed by atoms with Gasteiger partial charge in [0.2, 0.25) is 5.95 Å². The fourth-order valence-electron chi connectivity index (χ4n) is 1.08. The Morgan fingerprint density at radius 3 is 3.06 bits per heavy atom. The number of hydrogen-bond donors (Lipinski definition) is 2. The number of ether oxygens (including phenoxy) is 1. The summed E-state index contributed by atoms with van der Waals surface area (Å²) in [6.45, 7) is 2.20. The molecule has 7 nitrogen and oxygen atoms in total. The van der Waals surface area contributed by atoms with E-state index < -0.39 is 10.0 Å². The van der Waals surface area contributed by atoms with Gasteiger partial charge in [0, 0.05) is 0 Å². The summed E-state index contributed by atoms with van der Waals surface area (Å²) >= 11 is 1.12. The molecule has 2 N–H and O–H groups in total. The summed E-state index contributed by atoms with van der Waals surface area (Å²) in [5, 5.41) is 7.81. The first-order valence-electron chi connectivity index (χ1n) is 4.73. The van der Waals surface area contributed by atoms with Crippen molar-refractivity contribution < 1.29 is 13.2 Å². The third-order valence-corrected chi connectivity index (χ3v) is 4.47. The van der Waals surface area contributed by atoms with Gasteiger partial charge >= 0.3 is 6.01 Å². The summed E-state index contributed by atoms with van der Waals surface area (Å²) in [5.74, 6) is 0.0295. The van der Waals surface area contributed by atoms with Crippen LogP contribution in [0.2, 0.25) is 0 Å². The highest BCUT2D eigenvalue weighted by Crippen LogP contribution is 2.18. The number of rotatable bonds is 5. The second-order valence-corrected chi connectivity index (χ2v) is 5.79. The SMILES string of the molecule is CCOc1n[nH]c(NS(=O)(=O)c2cccs2)n1. The molecule has 0 unspecified atom stereocenters. The van der Waals surface area contributed by atoms with Gasteiger partial charge in [0.15, 0.2) is 0 Å². The van der Waals surface area contributed by atoms with Crippen LogP contribution in [0.15, 0.2) is 21.7 Å². The molecule has 0 aliphatic rings. The van der Waals surface area contributed by atoms with Gasteiger partial charge in [0.25, 0.3) is 10.0 Å². The molecule has 2 aromatic heterocycles. The molecule has 2 aromatic rings. The maximum Gasteiger partial charge on any atom is 0.337 e. The molecule has 0 atom stereocenters. The number of aromatic amines is 1. The maximum atomic E-state index is 11.8. The van der Waals surface area contributed by atoms with E-state index in [0.717, 1.165) is 11.3 Å². The largest absolute Gasteiger partial charge is 0.463 e. The number of aromatic nitrogens is 3. The highest BCUT2D eigenvalue weighted by atomic mass is 32.2. The molecule has 0 radical (unpaired) electrons. The summed E-state index contributed by atoms with van der Waals surface area (Å²) in [6.07, 6.45) is 0. The second-order valence-electron chi connectivity index (χ2n) is 2.94. The predicted octanol–water partition coefficient (Wildman–Crippen LogP) is 1.07. The number of H-pyrrole nitrogens is 1. The zero-order valence-electron chi connectivity index (χ0n) is 8.87. The Balaban J connectivity index is 2.15. The fourth-order valence-corrected chi connectivity index (χ4v) is 3.03. The van der Waals surface area contributed by atoms with Crippen molar-refractivity contribution in [1.29, 1.82) is 0 Å². The molecule has 0 amide bonds. The van der Waals surface area contributed by atoms with Crippen LogP contribution in [0.1, 0.15) is 6.92 Å². The van der Waals surface area contributed by atoms with Crippen molar-refractivity contribution in [2.75, 3.05) is 11.3 Å². The average Bonchev–Trinajstić information content (AvgIpc) is 2.88. The van der Waals surface area contributed by atoms with E-state index in [1.54, 1.807) is 18.4 Å². The molecule has 92 valence electrons. The molecule has 0 saturated carbocycles. The van der Waals surface area contributed by atoms with E-state index >= 15 is 0 Å². The number of hydrogen-bond acceptors (Lipinski definition) is 6. The summed E-state index contributed by atoms with van der Waals surface area (Å²) in [5.41, 5.74) is 0. The number of nitrogens with one attached hydrogen (secondary N) is 2. The third-order valence-electron chi connectivity index (χ3n) is 1.73. The minimum absolute atomic E-state index is 0.0295. The van der Waals surface area contributed by atoms with Gasteiger partial charge in [-0.3, -0.25) is 0 Å². The Labute approximate surface area is 102 Å². The van der Waals surface area contributed by atoms with Crippen LogP contribution in [0.4, 0.5) is 5.95 Å². The van der Waals surface area contributed by atoms with E-state index in [9.17, 15) is 8.42 Å². The van der Waals surface area contributed by atoms with Crippen LogP contribution in [-0.4, -0.2) is 30.2 Å². The zero-order chi connectivity index (χ0) is 12.3. The number of sulfonamides is 1. The van der Waals surface area contributed by atoms with E-state index in [0.29, 0.717) is 6.61 Å². The van der Waals surface area contributed by atoms with Crippen LogP contribution >= 0.6 is 11.3 Å². The molecule has 0 saturated heterocycles. The lowest BCUT2D eigenvalue weighted by Crippen LogP contribution is -2.12. The Hall–Kier alpha value is -1.61. The molecule has 0 bridgehead atoms. The monoisotopic (exact) mass is 274 g/mol. The van der Waals surface area contributed by atoms with Gasteiger partial charge in [-0.25, -0.2) is 18.2 Å². The van der Waals surface area contributed by atoms with Crippen LogP contribution in [0.3, 0.4) is 0 Å². The highest BCUT2D eigenvalue weighted by molar-refractivity contribution is 7.94. The average molecular weight is 274 g/mol. The predicted molar refractivity (Wildman–Crippen MR) is 62.7 cm³/mol. The zero-order valence-corrected chi connectivity index (χ0v) is 10.5. The number of thiophene rings is 1. The molecule has 0 spiro atoms. The molecule has 0 aliphatic carbocycles. The molecular formula is C8H10N4O3S2. The molecule has 0 aliphatic heterocycles. The van der Waals surface area contributed by atoms with Gasteiger partial charge in [-0.2, -0.15) is 4.98 Å². The summed E-state index contributed by atoms with van der Waals surface area (Å²) in [4.78, 5) is 3.82. The van der Waals surface area contributed by atoms with Gasteiger partial charge in [-0.15, -0.1) is 16.4 Å². The van der Waals surface area contributed by atoms with Gasteiger partial charge in [-0.05, 0) is 18.4 Å². The van der Waals surface area contributed by atoms with Crippen LogP contribution in [0.5, 0.6) is 6.01 Å². The lowest BCUT2D eigenvalue weighted by Gasteiger charge is -2.00. The van der Waals surface area contributed by atoms with Crippen molar-refractivity contribution in [3.8, 4) is 6.01 Å². The van der Waals surface area contributed by atoms with Crippen molar-refractivity contribution in [3.05, 3.63) is 17.5 Å². The first-order chi connectivity index (χ1) is 8.12. The standard InChI is InChI=1S/C8H10N4O3S2/c1-2-15-8-9-7(10-11-8)12-17(13,14)6-4-3-5-16-6/h3-5H,2H2,1H3,(H2,9,10,11,12). The van der Waals surface area contributed by atoms with Crippen molar-refractivity contribution in [2.24, 2.45) is 0 Å². The Morgan fingerprint density at radius 2 is 2.41 bits per heavy atom. The molecule has 0 aromatic carbocycles. The van der Waals surface area contributed by atoms with Crippen LogP contribution in [0.25, 0.3) is 0 Å². The van der Waals surface area contributed by atoms with Crippen LogP contribution < -0.4 is 9.46 Å². The first kappa shape index (κ1) is 11.9. The summed E-state index contributed by atoms with van der Waals surface area (Å²) < 4.78 is 31.1. The number of anilines is 1. The maximum absolute atomic E-state index is 11.8. The van der Waals surface area contributed by atoms with Crippen molar-refractivity contribution >= 4 is 27.3 Å². The number of nitrogens with zero attached hydrogens (tertiary/aromatic N) is 2. The van der Waals surface area contributed by atoms with E-state index in [4.69, 9.17) is 4.74 Å². The fraction of sp³-hybridized carbons (Fsp3) is 0.250. The third kappa shape index (κ3) is 2.74. The quantitative estimate of drug-likeness (QED) is 0.850. The second kappa shape index (κ2) is 4.72. The van der Waals surface area contributed by atoms with Crippen molar-refractivity contribution in [1.82, 2.24) is 15.2 Å². The van der Waals surface area contributed by atoms with Gasteiger partial charge in [0.05, 0.1) is 6.61 Å². The van der Waals surface area contributed by atoms with Gasteiger partial charge in [0.1, 0.15) is 4.21 Å². The Morgan fingerprint density at radius 1 is 1.59 bits per heavy atom. The van der Waals surface area contributed by atoms with E-state index in [2.05, 4.69) is 19.9 Å². The highest BCUT2D eigenvalue weighted by Gasteiger charge is 2.17.